The minimum atomic E-state index is -1.04. The first-order valence-corrected chi connectivity index (χ1v) is 6.01. The summed E-state index contributed by atoms with van der Waals surface area (Å²) >= 11 is 0. The van der Waals surface area contributed by atoms with Crippen molar-refractivity contribution in [3.63, 3.8) is 0 Å². The van der Waals surface area contributed by atoms with Crippen LogP contribution in [0.5, 0.6) is 0 Å². The maximum Gasteiger partial charge on any atom is 0.326 e. The summed E-state index contributed by atoms with van der Waals surface area (Å²) in [7, 11) is 3.80. The van der Waals surface area contributed by atoms with Crippen LogP contribution in [0.2, 0.25) is 0 Å². The topological polar surface area (TPSA) is 81.7 Å². The molecule has 0 aliphatic rings. The van der Waals surface area contributed by atoms with E-state index in [1.165, 1.54) is 0 Å². The van der Waals surface area contributed by atoms with Crippen molar-refractivity contribution in [1.29, 1.82) is 0 Å². The number of hydrogen-bond donors (Lipinski definition) is 3. The number of hydrogen-bond acceptors (Lipinski definition) is 3. The van der Waals surface area contributed by atoms with Crippen LogP contribution in [0.4, 0.5) is 16.2 Å². The van der Waals surface area contributed by atoms with Crippen molar-refractivity contribution < 1.29 is 14.7 Å². The van der Waals surface area contributed by atoms with Gasteiger partial charge in [0.25, 0.3) is 0 Å². The highest BCUT2D eigenvalue weighted by Crippen LogP contribution is 2.17. The number of amides is 2. The van der Waals surface area contributed by atoms with E-state index in [-0.39, 0.29) is 0 Å². The van der Waals surface area contributed by atoms with E-state index in [1.807, 2.05) is 31.1 Å². The van der Waals surface area contributed by atoms with Gasteiger partial charge in [-0.2, -0.15) is 0 Å². The summed E-state index contributed by atoms with van der Waals surface area (Å²) in [5, 5.41) is 13.9. The molecule has 0 aromatic heterocycles. The second-order valence-corrected chi connectivity index (χ2v) is 4.34. The highest BCUT2D eigenvalue weighted by Gasteiger charge is 2.17. The number of aliphatic carboxylic acids is 1. The number of carbonyl (C=O) groups excluding carboxylic acids is 1. The zero-order valence-corrected chi connectivity index (χ0v) is 11.3. The van der Waals surface area contributed by atoms with Crippen LogP contribution in [0.25, 0.3) is 0 Å². The van der Waals surface area contributed by atoms with E-state index in [0.717, 1.165) is 5.69 Å². The molecule has 104 valence electrons. The molecule has 0 unspecified atom stereocenters. The Kier molecular flexibility index (Phi) is 5.17. The second-order valence-electron chi connectivity index (χ2n) is 4.34. The largest absolute Gasteiger partial charge is 0.480 e. The maximum absolute atomic E-state index is 11.7. The van der Waals surface area contributed by atoms with Crippen LogP contribution in [0.15, 0.2) is 24.3 Å². The fraction of sp³-hybridized carbons (Fsp3) is 0.385. The number of carbonyl (C=O) groups is 2. The summed E-state index contributed by atoms with van der Waals surface area (Å²) in [6.07, 6.45) is 0.334. The number of benzene rings is 1. The van der Waals surface area contributed by atoms with E-state index in [9.17, 15) is 9.59 Å². The molecular weight excluding hydrogens is 246 g/mol. The highest BCUT2D eigenvalue weighted by atomic mass is 16.4. The summed E-state index contributed by atoms with van der Waals surface area (Å²) in [6, 6.07) is 5.88. The van der Waals surface area contributed by atoms with Gasteiger partial charge >= 0.3 is 12.0 Å². The van der Waals surface area contributed by atoms with Crippen LogP contribution in [0.1, 0.15) is 13.3 Å². The van der Waals surface area contributed by atoms with E-state index in [0.29, 0.717) is 12.1 Å². The number of nitrogens with zero attached hydrogens (tertiary/aromatic N) is 1. The molecule has 0 fully saturated rings. The van der Waals surface area contributed by atoms with E-state index in [1.54, 1.807) is 19.1 Å². The molecule has 0 bridgehead atoms. The van der Waals surface area contributed by atoms with Crippen LogP contribution in [-0.2, 0) is 4.79 Å². The predicted molar refractivity (Wildman–Crippen MR) is 74.6 cm³/mol. The second kappa shape index (κ2) is 6.63. The Balaban J connectivity index is 2.66. The van der Waals surface area contributed by atoms with Gasteiger partial charge < -0.3 is 20.6 Å². The molecule has 1 aromatic carbocycles. The third-order valence-electron chi connectivity index (χ3n) is 2.63. The van der Waals surface area contributed by atoms with Gasteiger partial charge in [-0.25, -0.2) is 9.59 Å². The van der Waals surface area contributed by atoms with Gasteiger partial charge in [-0.05, 0) is 24.6 Å². The minimum absolute atomic E-state index is 0.334. The Morgan fingerprint density at radius 1 is 1.37 bits per heavy atom. The van der Waals surface area contributed by atoms with Crippen LogP contribution in [0.3, 0.4) is 0 Å². The summed E-state index contributed by atoms with van der Waals surface area (Å²) < 4.78 is 0. The van der Waals surface area contributed by atoms with E-state index in [2.05, 4.69) is 10.6 Å². The lowest BCUT2D eigenvalue weighted by Crippen LogP contribution is -2.42. The SMILES string of the molecule is CC[C@@H](NC(=O)Nc1cccc(N(C)C)c1)C(=O)O. The van der Waals surface area contributed by atoms with Crippen molar-refractivity contribution in [1.82, 2.24) is 5.32 Å². The first kappa shape index (κ1) is 14.8. The van der Waals surface area contributed by atoms with Crippen molar-refractivity contribution >= 4 is 23.4 Å². The van der Waals surface area contributed by atoms with Gasteiger partial charge in [0.1, 0.15) is 6.04 Å². The Labute approximate surface area is 112 Å². The lowest BCUT2D eigenvalue weighted by Gasteiger charge is -2.16. The van der Waals surface area contributed by atoms with Crippen molar-refractivity contribution in [3.05, 3.63) is 24.3 Å². The van der Waals surface area contributed by atoms with Crippen LogP contribution in [-0.4, -0.2) is 37.2 Å². The van der Waals surface area contributed by atoms with Gasteiger partial charge in [-0.15, -0.1) is 0 Å². The quantitative estimate of drug-likeness (QED) is 0.757. The molecule has 1 atom stereocenters. The lowest BCUT2D eigenvalue weighted by molar-refractivity contribution is -0.139. The average Bonchev–Trinajstić information content (AvgIpc) is 2.35. The predicted octanol–water partition coefficient (Wildman–Crippen LogP) is 1.74. The van der Waals surface area contributed by atoms with Crippen molar-refractivity contribution in [3.8, 4) is 0 Å². The lowest BCUT2D eigenvalue weighted by atomic mass is 10.2. The number of rotatable bonds is 5. The molecule has 19 heavy (non-hydrogen) atoms. The Hall–Kier alpha value is -2.24. The molecular formula is C13H19N3O3. The summed E-state index contributed by atoms with van der Waals surface area (Å²) in [5.41, 5.74) is 1.56. The minimum Gasteiger partial charge on any atom is -0.480 e. The number of carboxylic acids is 1. The molecule has 0 spiro atoms. The van der Waals surface area contributed by atoms with Crippen molar-refractivity contribution in [2.75, 3.05) is 24.3 Å². The first-order valence-electron chi connectivity index (χ1n) is 6.01. The Bertz CT molecular complexity index is 460. The molecule has 3 N–H and O–H groups in total. The molecule has 0 saturated carbocycles. The highest BCUT2D eigenvalue weighted by molar-refractivity contribution is 5.92. The molecule has 0 radical (unpaired) electrons. The summed E-state index contributed by atoms with van der Waals surface area (Å²) in [5.74, 6) is -1.04. The van der Waals surface area contributed by atoms with Gasteiger partial charge in [0, 0.05) is 25.5 Å². The van der Waals surface area contributed by atoms with Gasteiger partial charge in [0.15, 0.2) is 0 Å². The van der Waals surface area contributed by atoms with E-state index < -0.39 is 18.0 Å². The zero-order chi connectivity index (χ0) is 14.4. The normalized spacial score (nSPS) is 11.5. The van der Waals surface area contributed by atoms with Gasteiger partial charge in [0.05, 0.1) is 0 Å². The number of urea groups is 1. The van der Waals surface area contributed by atoms with Gasteiger partial charge in [-0.1, -0.05) is 13.0 Å². The fourth-order valence-corrected chi connectivity index (χ4v) is 1.53. The molecule has 1 rings (SSSR count). The van der Waals surface area contributed by atoms with Gasteiger partial charge in [-0.3, -0.25) is 0 Å². The Morgan fingerprint density at radius 2 is 2.05 bits per heavy atom. The fourth-order valence-electron chi connectivity index (χ4n) is 1.53. The standard InChI is InChI=1S/C13H19N3O3/c1-4-11(12(17)18)15-13(19)14-9-6-5-7-10(8-9)16(2)3/h5-8,11H,4H2,1-3H3,(H,17,18)(H2,14,15,19)/t11-/m1/s1. The zero-order valence-electron chi connectivity index (χ0n) is 11.3. The molecule has 0 saturated heterocycles. The monoisotopic (exact) mass is 265 g/mol. The Morgan fingerprint density at radius 3 is 2.58 bits per heavy atom. The van der Waals surface area contributed by atoms with Crippen molar-refractivity contribution in [2.24, 2.45) is 0 Å². The smallest absolute Gasteiger partial charge is 0.326 e. The molecule has 0 heterocycles. The number of anilines is 2. The average molecular weight is 265 g/mol. The number of nitrogens with one attached hydrogen (secondary N) is 2. The van der Waals surface area contributed by atoms with E-state index in [4.69, 9.17) is 5.11 Å². The van der Waals surface area contributed by atoms with Gasteiger partial charge in [0.2, 0.25) is 0 Å². The third kappa shape index (κ3) is 4.50. The van der Waals surface area contributed by atoms with Crippen molar-refractivity contribution in [2.45, 2.75) is 19.4 Å². The molecule has 6 heteroatoms. The summed E-state index contributed by atoms with van der Waals surface area (Å²) in [4.78, 5) is 24.4. The molecule has 2 amide bonds. The van der Waals surface area contributed by atoms with Crippen LogP contribution >= 0.6 is 0 Å². The first-order chi connectivity index (χ1) is 8.93. The van der Waals surface area contributed by atoms with Crippen LogP contribution in [0, 0.1) is 0 Å². The van der Waals surface area contributed by atoms with E-state index >= 15 is 0 Å². The number of carboxylic acid groups (broad SMARTS) is 1. The molecule has 0 aliphatic heterocycles. The van der Waals surface area contributed by atoms with Crippen LogP contribution < -0.4 is 15.5 Å². The molecule has 1 aromatic rings. The third-order valence-corrected chi connectivity index (χ3v) is 2.63. The molecule has 6 nitrogen and oxygen atoms in total. The maximum atomic E-state index is 11.7. The molecule has 0 aliphatic carbocycles. The summed E-state index contributed by atoms with van der Waals surface area (Å²) in [6.45, 7) is 1.70.